The standard InChI is InChI=1S/C19H29N7O2/c1-12-13(2)22-17(19(27)20-3)23-18(12)26-7-6-14(10-26)21-9-15-8-16(28-24-15)11-25(4)5/h8,14,21H,6-7,9-11H2,1-5H3,(H,20,27)/t14-/m1/s1. The van der Waals surface area contributed by atoms with E-state index in [4.69, 9.17) is 4.52 Å². The lowest BCUT2D eigenvalue weighted by molar-refractivity contribution is 0.0952. The Bertz CT molecular complexity index is 834. The van der Waals surface area contributed by atoms with Gasteiger partial charge in [0.1, 0.15) is 5.82 Å². The summed E-state index contributed by atoms with van der Waals surface area (Å²) in [5, 5.41) is 10.3. The maximum atomic E-state index is 12.0. The van der Waals surface area contributed by atoms with Crippen molar-refractivity contribution in [2.24, 2.45) is 0 Å². The number of rotatable bonds is 7. The summed E-state index contributed by atoms with van der Waals surface area (Å²) in [6.45, 7) is 7.03. The van der Waals surface area contributed by atoms with E-state index in [9.17, 15) is 4.79 Å². The van der Waals surface area contributed by atoms with E-state index in [0.717, 1.165) is 54.6 Å². The zero-order chi connectivity index (χ0) is 20.3. The summed E-state index contributed by atoms with van der Waals surface area (Å²) in [7, 11) is 5.59. The van der Waals surface area contributed by atoms with E-state index in [1.54, 1.807) is 7.05 Å². The molecular weight excluding hydrogens is 358 g/mol. The van der Waals surface area contributed by atoms with E-state index in [1.807, 2.05) is 38.9 Å². The summed E-state index contributed by atoms with van der Waals surface area (Å²) >= 11 is 0. The fourth-order valence-electron chi connectivity index (χ4n) is 3.33. The van der Waals surface area contributed by atoms with Gasteiger partial charge in [-0.25, -0.2) is 9.97 Å². The molecule has 0 aliphatic carbocycles. The number of hydrogen-bond acceptors (Lipinski definition) is 8. The minimum absolute atomic E-state index is 0.216. The lowest BCUT2D eigenvalue weighted by atomic mass is 10.2. The van der Waals surface area contributed by atoms with Crippen LogP contribution in [-0.4, -0.2) is 66.2 Å². The third-order valence-corrected chi connectivity index (χ3v) is 4.93. The summed E-state index contributed by atoms with van der Waals surface area (Å²) in [5.74, 6) is 1.65. The number of carbonyl (C=O) groups excluding carboxylic acids is 1. The van der Waals surface area contributed by atoms with Gasteiger partial charge in [0.25, 0.3) is 5.91 Å². The highest BCUT2D eigenvalue weighted by atomic mass is 16.5. The first-order chi connectivity index (χ1) is 13.4. The number of amides is 1. The van der Waals surface area contributed by atoms with Crippen LogP contribution in [0, 0.1) is 13.8 Å². The molecule has 9 heteroatoms. The van der Waals surface area contributed by atoms with Crippen molar-refractivity contribution in [1.29, 1.82) is 0 Å². The van der Waals surface area contributed by atoms with E-state index in [-0.39, 0.29) is 11.7 Å². The van der Waals surface area contributed by atoms with E-state index < -0.39 is 0 Å². The predicted octanol–water partition coefficient (Wildman–Crippen LogP) is 0.871. The molecule has 1 atom stereocenters. The van der Waals surface area contributed by atoms with Crippen molar-refractivity contribution in [3.63, 3.8) is 0 Å². The molecule has 3 rings (SSSR count). The van der Waals surface area contributed by atoms with Crippen LogP contribution in [0.3, 0.4) is 0 Å². The smallest absolute Gasteiger partial charge is 0.288 e. The quantitative estimate of drug-likeness (QED) is 0.722. The number of aryl methyl sites for hydroxylation is 1. The Kier molecular flexibility index (Phi) is 6.25. The fraction of sp³-hybridized carbons (Fsp3) is 0.579. The van der Waals surface area contributed by atoms with Crippen molar-refractivity contribution >= 4 is 11.7 Å². The maximum Gasteiger partial charge on any atom is 0.288 e. The molecule has 9 nitrogen and oxygen atoms in total. The molecule has 0 aromatic carbocycles. The second-order valence-corrected chi connectivity index (χ2v) is 7.50. The van der Waals surface area contributed by atoms with Gasteiger partial charge in [-0.15, -0.1) is 0 Å². The molecule has 0 radical (unpaired) electrons. The lowest BCUT2D eigenvalue weighted by Crippen LogP contribution is -2.33. The minimum Gasteiger partial charge on any atom is -0.360 e. The van der Waals surface area contributed by atoms with Crippen LogP contribution < -0.4 is 15.5 Å². The number of carbonyl (C=O) groups is 1. The van der Waals surface area contributed by atoms with Gasteiger partial charge in [-0.05, 0) is 34.4 Å². The van der Waals surface area contributed by atoms with Gasteiger partial charge in [0, 0.05) is 50.0 Å². The molecule has 2 aromatic heterocycles. The van der Waals surface area contributed by atoms with Crippen molar-refractivity contribution in [2.45, 2.75) is 39.4 Å². The highest BCUT2D eigenvalue weighted by molar-refractivity contribution is 5.90. The van der Waals surface area contributed by atoms with E-state index in [1.165, 1.54) is 0 Å². The molecule has 3 heterocycles. The monoisotopic (exact) mass is 387 g/mol. The van der Waals surface area contributed by atoms with Crippen LogP contribution in [0.4, 0.5) is 5.82 Å². The molecule has 1 saturated heterocycles. The van der Waals surface area contributed by atoms with E-state index in [0.29, 0.717) is 12.6 Å². The van der Waals surface area contributed by atoms with Crippen LogP contribution in [0.5, 0.6) is 0 Å². The van der Waals surface area contributed by atoms with Crippen LogP contribution in [0.25, 0.3) is 0 Å². The largest absolute Gasteiger partial charge is 0.360 e. The van der Waals surface area contributed by atoms with Gasteiger partial charge >= 0.3 is 0 Å². The van der Waals surface area contributed by atoms with Crippen LogP contribution in [0.1, 0.15) is 39.8 Å². The summed E-state index contributed by atoms with van der Waals surface area (Å²) in [4.78, 5) is 25.0. The molecule has 0 unspecified atom stereocenters. The van der Waals surface area contributed by atoms with E-state index in [2.05, 4.69) is 30.7 Å². The van der Waals surface area contributed by atoms with E-state index >= 15 is 0 Å². The summed E-state index contributed by atoms with van der Waals surface area (Å²) < 4.78 is 5.36. The van der Waals surface area contributed by atoms with Gasteiger partial charge in [0.2, 0.25) is 5.82 Å². The van der Waals surface area contributed by atoms with Crippen molar-refractivity contribution in [1.82, 2.24) is 30.7 Å². The first kappa shape index (κ1) is 20.2. The molecule has 152 valence electrons. The second-order valence-electron chi connectivity index (χ2n) is 7.50. The number of anilines is 1. The molecule has 0 bridgehead atoms. The van der Waals surface area contributed by atoms with Gasteiger partial charge < -0.3 is 25.0 Å². The number of nitrogens with one attached hydrogen (secondary N) is 2. The lowest BCUT2D eigenvalue weighted by Gasteiger charge is -2.21. The highest BCUT2D eigenvalue weighted by Crippen LogP contribution is 2.24. The third-order valence-electron chi connectivity index (χ3n) is 4.93. The van der Waals surface area contributed by atoms with Gasteiger partial charge in [0.15, 0.2) is 5.76 Å². The molecule has 1 aliphatic heterocycles. The minimum atomic E-state index is -0.266. The van der Waals surface area contributed by atoms with Crippen LogP contribution in [0.2, 0.25) is 0 Å². The molecule has 1 fully saturated rings. The Labute approximate surface area is 165 Å². The first-order valence-electron chi connectivity index (χ1n) is 9.52. The molecule has 1 aliphatic rings. The van der Waals surface area contributed by atoms with Gasteiger partial charge in [-0.1, -0.05) is 5.16 Å². The zero-order valence-electron chi connectivity index (χ0n) is 17.2. The summed E-state index contributed by atoms with van der Waals surface area (Å²) in [5.41, 5.74) is 2.75. The molecule has 2 N–H and O–H groups in total. The predicted molar refractivity (Wildman–Crippen MR) is 106 cm³/mol. The number of nitrogens with zero attached hydrogens (tertiary/aromatic N) is 5. The van der Waals surface area contributed by atoms with Crippen molar-refractivity contribution < 1.29 is 9.32 Å². The average molecular weight is 387 g/mol. The molecule has 0 saturated carbocycles. The topological polar surface area (TPSA) is 99.4 Å². The van der Waals surface area contributed by atoms with Crippen LogP contribution >= 0.6 is 0 Å². The summed E-state index contributed by atoms with van der Waals surface area (Å²) in [6, 6.07) is 2.32. The Morgan fingerprint density at radius 3 is 2.86 bits per heavy atom. The number of hydrogen-bond donors (Lipinski definition) is 2. The van der Waals surface area contributed by atoms with Crippen molar-refractivity contribution in [2.75, 3.05) is 39.1 Å². The zero-order valence-corrected chi connectivity index (χ0v) is 17.2. The average Bonchev–Trinajstić information content (AvgIpc) is 3.30. The molecule has 28 heavy (non-hydrogen) atoms. The Morgan fingerprint density at radius 2 is 2.14 bits per heavy atom. The van der Waals surface area contributed by atoms with Gasteiger partial charge in [0.05, 0.1) is 12.2 Å². The van der Waals surface area contributed by atoms with Crippen LogP contribution in [0.15, 0.2) is 10.6 Å². The number of aromatic nitrogens is 3. The SMILES string of the molecule is CNC(=O)c1nc(C)c(C)c(N2CC[C@@H](NCc3cc(CN(C)C)on3)C2)n1. The van der Waals surface area contributed by atoms with Gasteiger partial charge in [-0.3, -0.25) is 4.79 Å². The summed E-state index contributed by atoms with van der Waals surface area (Å²) in [6.07, 6.45) is 1.00. The second kappa shape index (κ2) is 8.66. The molecule has 0 spiro atoms. The highest BCUT2D eigenvalue weighted by Gasteiger charge is 2.26. The Morgan fingerprint density at radius 1 is 1.36 bits per heavy atom. The first-order valence-corrected chi connectivity index (χ1v) is 9.52. The normalized spacial score (nSPS) is 16.8. The molecular formula is C19H29N7O2. The molecule has 2 aromatic rings. The van der Waals surface area contributed by atoms with Crippen molar-refractivity contribution in [3.05, 3.63) is 34.6 Å². The molecule has 1 amide bonds. The fourth-order valence-corrected chi connectivity index (χ4v) is 3.33. The third kappa shape index (κ3) is 4.66. The Balaban J connectivity index is 1.61. The van der Waals surface area contributed by atoms with Gasteiger partial charge in [-0.2, -0.15) is 0 Å². The maximum absolute atomic E-state index is 12.0. The van der Waals surface area contributed by atoms with Crippen LogP contribution in [-0.2, 0) is 13.1 Å². The van der Waals surface area contributed by atoms with Crippen molar-refractivity contribution in [3.8, 4) is 0 Å². The Hall–Kier alpha value is -2.52.